The average molecular weight is 433 g/mol. The van der Waals surface area contributed by atoms with Gasteiger partial charge in [-0.05, 0) is 31.2 Å². The molecular formula is C20H18Cl2N4OS. The van der Waals surface area contributed by atoms with E-state index in [9.17, 15) is 4.79 Å². The number of benzene rings is 2. The second-order valence-corrected chi connectivity index (χ2v) is 7.89. The maximum absolute atomic E-state index is 12.3. The zero-order valence-electron chi connectivity index (χ0n) is 15.2. The number of aromatic nitrogens is 3. The first kappa shape index (κ1) is 20.5. The molecule has 0 atom stereocenters. The summed E-state index contributed by atoms with van der Waals surface area (Å²) in [6, 6.07) is 12.9. The lowest BCUT2D eigenvalue weighted by atomic mass is 10.1. The fraction of sp³-hybridized carbons (Fsp3) is 0.150. The molecule has 0 aliphatic rings. The highest BCUT2D eigenvalue weighted by Crippen LogP contribution is 2.26. The number of aryl methyl sites for hydroxylation is 1. The van der Waals surface area contributed by atoms with E-state index >= 15 is 0 Å². The van der Waals surface area contributed by atoms with E-state index < -0.39 is 0 Å². The Morgan fingerprint density at radius 2 is 1.96 bits per heavy atom. The Morgan fingerprint density at radius 1 is 1.21 bits per heavy atom. The zero-order valence-corrected chi connectivity index (χ0v) is 17.5. The molecular weight excluding hydrogens is 415 g/mol. The van der Waals surface area contributed by atoms with Gasteiger partial charge in [0.25, 0.3) is 0 Å². The molecule has 0 fully saturated rings. The summed E-state index contributed by atoms with van der Waals surface area (Å²) in [5.74, 6) is 0.731. The van der Waals surface area contributed by atoms with E-state index in [2.05, 4.69) is 22.1 Å². The van der Waals surface area contributed by atoms with Crippen LogP contribution in [0.4, 0.5) is 5.69 Å². The van der Waals surface area contributed by atoms with Gasteiger partial charge in [-0.2, -0.15) is 0 Å². The summed E-state index contributed by atoms with van der Waals surface area (Å²) in [6.07, 6.45) is 1.78. The molecule has 0 saturated heterocycles. The Labute approximate surface area is 177 Å². The highest BCUT2D eigenvalue weighted by atomic mass is 35.5. The number of amides is 1. The van der Waals surface area contributed by atoms with Gasteiger partial charge in [0.1, 0.15) is 0 Å². The molecule has 144 valence electrons. The van der Waals surface area contributed by atoms with Gasteiger partial charge in [0.05, 0.1) is 5.75 Å². The largest absolute Gasteiger partial charge is 0.325 e. The lowest BCUT2D eigenvalue weighted by Crippen LogP contribution is -2.14. The summed E-state index contributed by atoms with van der Waals surface area (Å²) in [4.78, 5) is 12.3. The molecule has 1 heterocycles. The molecule has 0 unspecified atom stereocenters. The molecule has 0 saturated carbocycles. The topological polar surface area (TPSA) is 59.8 Å². The maximum Gasteiger partial charge on any atom is 0.234 e. The summed E-state index contributed by atoms with van der Waals surface area (Å²) in [5.41, 5.74) is 2.66. The van der Waals surface area contributed by atoms with Gasteiger partial charge in [-0.3, -0.25) is 9.36 Å². The van der Waals surface area contributed by atoms with Crippen molar-refractivity contribution in [2.24, 2.45) is 0 Å². The summed E-state index contributed by atoms with van der Waals surface area (Å²) >= 11 is 13.2. The Hall–Kier alpha value is -2.28. The number of allylic oxidation sites excluding steroid dienone is 1. The first-order valence-electron chi connectivity index (χ1n) is 8.46. The number of halogens is 2. The summed E-state index contributed by atoms with van der Waals surface area (Å²) in [5, 5.41) is 12.9. The van der Waals surface area contributed by atoms with Gasteiger partial charge >= 0.3 is 0 Å². The lowest BCUT2D eigenvalue weighted by molar-refractivity contribution is -0.113. The number of hydrogen-bond acceptors (Lipinski definition) is 4. The third-order valence-corrected chi connectivity index (χ3v) is 5.19. The zero-order chi connectivity index (χ0) is 20.1. The number of nitrogens with one attached hydrogen (secondary N) is 1. The van der Waals surface area contributed by atoms with Crippen molar-refractivity contribution in [3.63, 3.8) is 0 Å². The van der Waals surface area contributed by atoms with Crippen molar-refractivity contribution in [2.75, 3.05) is 11.1 Å². The number of hydrogen-bond donors (Lipinski definition) is 1. The number of anilines is 1. The maximum atomic E-state index is 12.3. The molecule has 8 heteroatoms. The van der Waals surface area contributed by atoms with Crippen LogP contribution in [0, 0.1) is 6.92 Å². The highest BCUT2D eigenvalue weighted by Gasteiger charge is 2.15. The van der Waals surface area contributed by atoms with Gasteiger partial charge in [-0.25, -0.2) is 0 Å². The van der Waals surface area contributed by atoms with Gasteiger partial charge in [0, 0.05) is 27.8 Å². The van der Waals surface area contributed by atoms with Crippen LogP contribution in [0.3, 0.4) is 0 Å². The van der Waals surface area contributed by atoms with E-state index in [1.807, 2.05) is 35.8 Å². The molecule has 1 amide bonds. The smallest absolute Gasteiger partial charge is 0.234 e. The summed E-state index contributed by atoms with van der Waals surface area (Å²) in [7, 11) is 0. The van der Waals surface area contributed by atoms with Crippen molar-refractivity contribution in [2.45, 2.75) is 18.6 Å². The van der Waals surface area contributed by atoms with E-state index in [1.165, 1.54) is 11.8 Å². The second-order valence-electron chi connectivity index (χ2n) is 6.07. The SMILES string of the molecule is C=CCn1c(SCC(=O)Nc2cc(Cl)cc(Cl)c2)nnc1-c1cccc(C)c1. The van der Waals surface area contributed by atoms with Crippen molar-refractivity contribution in [3.05, 3.63) is 70.7 Å². The first-order chi connectivity index (χ1) is 13.5. The standard InChI is InChI=1S/C20H18Cl2N4OS/c1-3-7-26-19(14-6-4-5-13(2)8-14)24-25-20(26)28-12-18(27)23-17-10-15(21)9-16(22)11-17/h3-6,8-11H,1,7,12H2,2H3,(H,23,27). The Bertz CT molecular complexity index is 999. The van der Waals surface area contributed by atoms with Crippen molar-refractivity contribution in [3.8, 4) is 11.4 Å². The fourth-order valence-corrected chi connectivity index (χ4v) is 3.91. The predicted octanol–water partition coefficient (Wildman–Crippen LogP) is 5.48. The third kappa shape index (κ3) is 5.16. The molecule has 28 heavy (non-hydrogen) atoms. The van der Waals surface area contributed by atoms with Crippen molar-refractivity contribution < 1.29 is 4.79 Å². The van der Waals surface area contributed by atoms with Gasteiger partial charge in [-0.15, -0.1) is 16.8 Å². The van der Waals surface area contributed by atoms with Crippen LogP contribution in [0.1, 0.15) is 5.56 Å². The van der Waals surface area contributed by atoms with E-state index in [1.54, 1.807) is 24.3 Å². The third-order valence-electron chi connectivity index (χ3n) is 3.78. The number of nitrogens with zero attached hydrogens (tertiary/aromatic N) is 3. The van der Waals surface area contributed by atoms with Gasteiger partial charge in [0.15, 0.2) is 11.0 Å². The second kappa shape index (κ2) is 9.28. The van der Waals surface area contributed by atoms with E-state index in [-0.39, 0.29) is 11.7 Å². The fourth-order valence-electron chi connectivity index (χ4n) is 2.64. The van der Waals surface area contributed by atoms with Crippen LogP contribution in [-0.2, 0) is 11.3 Å². The summed E-state index contributed by atoms with van der Waals surface area (Å²) < 4.78 is 1.94. The molecule has 3 rings (SSSR count). The molecule has 0 aliphatic heterocycles. The van der Waals surface area contributed by atoms with E-state index in [4.69, 9.17) is 23.2 Å². The van der Waals surface area contributed by atoms with Gasteiger partial charge in [-0.1, -0.05) is 64.8 Å². The molecule has 1 aromatic heterocycles. The Kier molecular flexibility index (Phi) is 6.78. The quantitative estimate of drug-likeness (QED) is 0.396. The minimum Gasteiger partial charge on any atom is -0.325 e. The highest BCUT2D eigenvalue weighted by molar-refractivity contribution is 7.99. The number of rotatable bonds is 7. The molecule has 0 radical (unpaired) electrons. The minimum atomic E-state index is -0.186. The van der Waals surface area contributed by atoms with Crippen LogP contribution in [0.25, 0.3) is 11.4 Å². The van der Waals surface area contributed by atoms with E-state index in [0.717, 1.165) is 17.0 Å². The van der Waals surface area contributed by atoms with Crippen LogP contribution in [0.15, 0.2) is 60.3 Å². The molecule has 1 N–H and O–H groups in total. The first-order valence-corrected chi connectivity index (χ1v) is 10.2. The lowest BCUT2D eigenvalue weighted by Gasteiger charge is -2.09. The summed E-state index contributed by atoms with van der Waals surface area (Å²) in [6.45, 7) is 6.38. The molecule has 0 bridgehead atoms. The predicted molar refractivity (Wildman–Crippen MR) is 116 cm³/mol. The van der Waals surface area contributed by atoms with Crippen LogP contribution in [-0.4, -0.2) is 26.4 Å². The number of carbonyl (C=O) groups excluding carboxylic acids is 1. The van der Waals surface area contributed by atoms with Crippen LogP contribution in [0.2, 0.25) is 10.0 Å². The minimum absolute atomic E-state index is 0.174. The monoisotopic (exact) mass is 432 g/mol. The van der Waals surface area contributed by atoms with Crippen LogP contribution in [0.5, 0.6) is 0 Å². The van der Waals surface area contributed by atoms with E-state index in [0.29, 0.717) is 27.4 Å². The van der Waals surface area contributed by atoms with Crippen LogP contribution >= 0.6 is 35.0 Å². The Morgan fingerprint density at radius 3 is 2.64 bits per heavy atom. The van der Waals surface area contributed by atoms with Crippen molar-refractivity contribution in [1.29, 1.82) is 0 Å². The van der Waals surface area contributed by atoms with Gasteiger partial charge in [0.2, 0.25) is 5.91 Å². The molecule has 2 aromatic carbocycles. The van der Waals surface area contributed by atoms with Crippen molar-refractivity contribution in [1.82, 2.24) is 14.8 Å². The molecule has 5 nitrogen and oxygen atoms in total. The normalized spacial score (nSPS) is 10.7. The Balaban J connectivity index is 1.73. The van der Waals surface area contributed by atoms with Crippen LogP contribution < -0.4 is 5.32 Å². The van der Waals surface area contributed by atoms with Crippen molar-refractivity contribution >= 4 is 46.6 Å². The van der Waals surface area contributed by atoms with Gasteiger partial charge < -0.3 is 5.32 Å². The molecule has 3 aromatic rings. The average Bonchev–Trinajstić information content (AvgIpc) is 3.02. The number of carbonyl (C=O) groups is 1. The molecule has 0 aliphatic carbocycles. The number of thioether (sulfide) groups is 1. The molecule has 0 spiro atoms.